The molecular formula is C74H138O6. The third kappa shape index (κ3) is 66.4. The van der Waals surface area contributed by atoms with Gasteiger partial charge < -0.3 is 14.2 Å². The molecule has 80 heavy (non-hydrogen) atoms. The molecule has 0 spiro atoms. The van der Waals surface area contributed by atoms with E-state index in [1.165, 1.54) is 283 Å². The zero-order valence-corrected chi connectivity index (χ0v) is 54.1. The molecule has 0 aromatic heterocycles. The predicted molar refractivity (Wildman–Crippen MR) is 349 cm³/mol. The van der Waals surface area contributed by atoms with Gasteiger partial charge in [0.25, 0.3) is 0 Å². The number of ether oxygens (including phenoxy) is 3. The molecule has 0 radical (unpaired) electrons. The molecule has 0 aromatic carbocycles. The average molecular weight is 1120 g/mol. The molecule has 470 valence electrons. The first-order chi connectivity index (χ1) is 39.5. The van der Waals surface area contributed by atoms with E-state index in [1.807, 2.05) is 0 Å². The Hall–Kier alpha value is -2.37. The number of unbranched alkanes of at least 4 members (excludes halogenated alkanes) is 50. The molecule has 0 N–H and O–H groups in total. The Kier molecular flexibility index (Phi) is 67.1. The van der Waals surface area contributed by atoms with Crippen molar-refractivity contribution in [3.8, 4) is 0 Å². The Balaban J connectivity index is 3.97. The van der Waals surface area contributed by atoms with Crippen molar-refractivity contribution < 1.29 is 28.6 Å². The molecule has 0 heterocycles. The third-order valence-corrected chi connectivity index (χ3v) is 16.4. The first-order valence-corrected chi connectivity index (χ1v) is 36.0. The minimum Gasteiger partial charge on any atom is -0.462 e. The molecule has 6 nitrogen and oxygen atoms in total. The topological polar surface area (TPSA) is 78.9 Å². The Morgan fingerprint density at radius 3 is 0.725 bits per heavy atom. The van der Waals surface area contributed by atoms with Crippen LogP contribution in [0.15, 0.2) is 36.5 Å². The van der Waals surface area contributed by atoms with Gasteiger partial charge in [-0.1, -0.05) is 359 Å². The van der Waals surface area contributed by atoms with E-state index in [4.69, 9.17) is 14.2 Å². The second kappa shape index (κ2) is 69.1. The van der Waals surface area contributed by atoms with Crippen LogP contribution in [0.25, 0.3) is 0 Å². The van der Waals surface area contributed by atoms with Crippen molar-refractivity contribution in [2.24, 2.45) is 0 Å². The zero-order valence-electron chi connectivity index (χ0n) is 54.1. The summed E-state index contributed by atoms with van der Waals surface area (Å²) in [4.78, 5) is 38.2. The van der Waals surface area contributed by atoms with Crippen molar-refractivity contribution in [1.82, 2.24) is 0 Å². The Bertz CT molecular complexity index is 1340. The number of allylic oxidation sites excluding steroid dienone is 6. The second-order valence-corrected chi connectivity index (χ2v) is 24.5. The van der Waals surface area contributed by atoms with E-state index in [2.05, 4.69) is 57.2 Å². The molecule has 0 bridgehead atoms. The molecule has 0 aliphatic rings. The van der Waals surface area contributed by atoms with E-state index < -0.39 is 6.10 Å². The molecule has 0 aliphatic carbocycles. The lowest BCUT2D eigenvalue weighted by atomic mass is 10.0. The number of hydrogen-bond acceptors (Lipinski definition) is 6. The summed E-state index contributed by atoms with van der Waals surface area (Å²) >= 11 is 0. The van der Waals surface area contributed by atoms with Crippen LogP contribution in [0, 0.1) is 0 Å². The minimum absolute atomic E-state index is 0.0728. The molecule has 0 amide bonds. The highest BCUT2D eigenvalue weighted by Gasteiger charge is 2.19. The maximum atomic E-state index is 12.9. The molecule has 1 atom stereocenters. The van der Waals surface area contributed by atoms with Gasteiger partial charge in [0.05, 0.1) is 0 Å². The van der Waals surface area contributed by atoms with E-state index in [1.54, 1.807) is 0 Å². The van der Waals surface area contributed by atoms with Gasteiger partial charge in [0, 0.05) is 19.3 Å². The molecular weight excluding hydrogens is 985 g/mol. The fourth-order valence-corrected chi connectivity index (χ4v) is 11.0. The van der Waals surface area contributed by atoms with Crippen molar-refractivity contribution in [2.45, 2.75) is 406 Å². The lowest BCUT2D eigenvalue weighted by molar-refractivity contribution is -0.167. The normalized spacial score (nSPS) is 12.2. The quantitative estimate of drug-likeness (QED) is 0.0261. The summed E-state index contributed by atoms with van der Waals surface area (Å²) in [6, 6.07) is 0. The van der Waals surface area contributed by atoms with Crippen LogP contribution in [0.3, 0.4) is 0 Å². The summed E-state index contributed by atoms with van der Waals surface area (Å²) in [5, 5.41) is 0. The van der Waals surface area contributed by atoms with Crippen molar-refractivity contribution in [3.05, 3.63) is 36.5 Å². The van der Waals surface area contributed by atoms with E-state index in [0.29, 0.717) is 19.3 Å². The van der Waals surface area contributed by atoms with Crippen LogP contribution in [-0.4, -0.2) is 37.2 Å². The smallest absolute Gasteiger partial charge is 0.306 e. The standard InChI is InChI=1S/C74H138O6/c1-4-7-10-13-16-19-21-23-25-27-29-30-31-32-33-34-35-36-37-38-39-40-41-42-43-44-46-47-49-51-53-55-58-61-64-67-73(76)79-70-71(69-78-72(75)66-63-60-57-18-15-12-9-6-3)80-74(77)68-65-62-59-56-54-52-50-48-45-28-26-24-22-20-17-14-11-8-5-2/h17,20,24,26,45,48,71H,4-16,18-19,21-23,25,27-44,46-47,49-70H2,1-3H3/b20-17-,26-24-,48-45-. The summed E-state index contributed by atoms with van der Waals surface area (Å²) < 4.78 is 16.9. The van der Waals surface area contributed by atoms with Crippen molar-refractivity contribution >= 4 is 17.9 Å². The van der Waals surface area contributed by atoms with Crippen LogP contribution in [0.4, 0.5) is 0 Å². The summed E-state index contributed by atoms with van der Waals surface area (Å²) in [7, 11) is 0. The Morgan fingerprint density at radius 1 is 0.250 bits per heavy atom. The first kappa shape index (κ1) is 77.6. The van der Waals surface area contributed by atoms with Crippen LogP contribution < -0.4 is 0 Å². The number of rotatable bonds is 67. The van der Waals surface area contributed by atoms with E-state index in [9.17, 15) is 14.4 Å². The molecule has 6 heteroatoms. The van der Waals surface area contributed by atoms with Crippen molar-refractivity contribution in [3.63, 3.8) is 0 Å². The maximum absolute atomic E-state index is 12.9. The lowest BCUT2D eigenvalue weighted by Crippen LogP contribution is -2.30. The van der Waals surface area contributed by atoms with Gasteiger partial charge in [-0.05, 0) is 57.8 Å². The third-order valence-electron chi connectivity index (χ3n) is 16.4. The van der Waals surface area contributed by atoms with E-state index in [0.717, 1.165) is 77.0 Å². The summed E-state index contributed by atoms with van der Waals surface area (Å²) in [6.45, 7) is 6.64. The maximum Gasteiger partial charge on any atom is 0.306 e. The van der Waals surface area contributed by atoms with Gasteiger partial charge in [-0.3, -0.25) is 14.4 Å². The highest BCUT2D eigenvalue weighted by atomic mass is 16.6. The van der Waals surface area contributed by atoms with E-state index in [-0.39, 0.29) is 31.1 Å². The molecule has 1 unspecified atom stereocenters. The number of carbonyl (C=O) groups is 3. The SMILES string of the molecule is CCCCC/C=C\C/C=C\C/C=C\CCCCCCCCC(=O)OC(COC(=O)CCCCCCCCCC)COC(=O)CCCCCCCCCCCCCCCCCCCCCCCCCCCCCCCCCCCCC. The van der Waals surface area contributed by atoms with Gasteiger partial charge in [-0.25, -0.2) is 0 Å². The van der Waals surface area contributed by atoms with Crippen LogP contribution >= 0.6 is 0 Å². The van der Waals surface area contributed by atoms with Gasteiger partial charge >= 0.3 is 17.9 Å². The fourth-order valence-electron chi connectivity index (χ4n) is 11.0. The van der Waals surface area contributed by atoms with Gasteiger partial charge in [0.15, 0.2) is 6.10 Å². The molecule has 0 aromatic rings. The van der Waals surface area contributed by atoms with E-state index >= 15 is 0 Å². The van der Waals surface area contributed by atoms with Crippen molar-refractivity contribution in [1.29, 1.82) is 0 Å². The predicted octanol–water partition coefficient (Wildman–Crippen LogP) is 24.7. The summed E-state index contributed by atoms with van der Waals surface area (Å²) in [6.07, 6.45) is 86.5. The van der Waals surface area contributed by atoms with Crippen LogP contribution in [0.2, 0.25) is 0 Å². The first-order valence-electron chi connectivity index (χ1n) is 36.0. The number of hydrogen-bond donors (Lipinski definition) is 0. The molecule has 0 aliphatic heterocycles. The molecule has 0 saturated carbocycles. The molecule has 0 rings (SSSR count). The fraction of sp³-hybridized carbons (Fsp3) is 0.878. The number of carbonyl (C=O) groups excluding carboxylic acids is 3. The Morgan fingerprint density at radius 2 is 0.450 bits per heavy atom. The van der Waals surface area contributed by atoms with Gasteiger partial charge in [0.1, 0.15) is 13.2 Å². The van der Waals surface area contributed by atoms with Gasteiger partial charge in [-0.15, -0.1) is 0 Å². The second-order valence-electron chi connectivity index (χ2n) is 24.5. The highest BCUT2D eigenvalue weighted by Crippen LogP contribution is 2.19. The van der Waals surface area contributed by atoms with Crippen molar-refractivity contribution in [2.75, 3.05) is 13.2 Å². The van der Waals surface area contributed by atoms with Crippen LogP contribution in [-0.2, 0) is 28.6 Å². The average Bonchev–Trinajstić information content (AvgIpc) is 3.46. The largest absolute Gasteiger partial charge is 0.462 e. The Labute approximate surface area is 499 Å². The summed E-state index contributed by atoms with van der Waals surface area (Å²) in [5.41, 5.74) is 0. The van der Waals surface area contributed by atoms with Crippen LogP contribution in [0.1, 0.15) is 400 Å². The van der Waals surface area contributed by atoms with Gasteiger partial charge in [-0.2, -0.15) is 0 Å². The highest BCUT2D eigenvalue weighted by molar-refractivity contribution is 5.71. The minimum atomic E-state index is -0.775. The van der Waals surface area contributed by atoms with Crippen LogP contribution in [0.5, 0.6) is 0 Å². The molecule has 0 fully saturated rings. The lowest BCUT2D eigenvalue weighted by Gasteiger charge is -2.18. The zero-order chi connectivity index (χ0) is 57.8. The monoisotopic (exact) mass is 1120 g/mol. The number of esters is 3. The molecule has 0 saturated heterocycles. The summed E-state index contributed by atoms with van der Waals surface area (Å²) in [5.74, 6) is -0.867. The van der Waals surface area contributed by atoms with Gasteiger partial charge in [0.2, 0.25) is 0 Å².